The zero-order chi connectivity index (χ0) is 20.4. The average molecular weight is 410 g/mol. The van der Waals surface area contributed by atoms with Crippen LogP contribution in [0.2, 0.25) is 0 Å². The highest BCUT2D eigenvalue weighted by molar-refractivity contribution is 7.89. The number of hydrogen-bond acceptors (Lipinski definition) is 4. The van der Waals surface area contributed by atoms with E-state index in [2.05, 4.69) is 34.4 Å². The molecule has 0 radical (unpaired) electrons. The summed E-state index contributed by atoms with van der Waals surface area (Å²) in [6.45, 7) is 10.3. The molecule has 7 nitrogen and oxygen atoms in total. The van der Waals surface area contributed by atoms with Crippen LogP contribution in [-0.2, 0) is 16.4 Å². The summed E-state index contributed by atoms with van der Waals surface area (Å²) in [5.74, 6) is 1.70. The number of hydrogen-bond donors (Lipinski definition) is 3. The number of guanidine groups is 1. The van der Waals surface area contributed by atoms with Crippen molar-refractivity contribution < 1.29 is 8.42 Å². The summed E-state index contributed by atoms with van der Waals surface area (Å²) in [7, 11) is -3.63. The fourth-order valence-electron chi connectivity index (χ4n) is 3.28. The number of sulfonamides is 1. The molecule has 0 unspecified atom stereocenters. The minimum atomic E-state index is -3.63. The Balaban J connectivity index is 1.71. The first-order valence-electron chi connectivity index (χ1n) is 10.2. The third-order valence-corrected chi connectivity index (χ3v) is 6.01. The smallest absolute Gasteiger partial charge is 0.238 e. The van der Waals surface area contributed by atoms with Gasteiger partial charge in [0.2, 0.25) is 10.0 Å². The predicted octanol–water partition coefficient (Wildman–Crippen LogP) is 1.55. The van der Waals surface area contributed by atoms with E-state index in [-0.39, 0.29) is 4.90 Å². The van der Waals surface area contributed by atoms with E-state index in [0.29, 0.717) is 0 Å². The summed E-state index contributed by atoms with van der Waals surface area (Å²) in [6.07, 6.45) is 4.47. The lowest BCUT2D eigenvalue weighted by atomic mass is 9.99. The highest BCUT2D eigenvalue weighted by Crippen LogP contribution is 2.15. The Bertz CT molecular complexity index is 711. The lowest BCUT2D eigenvalue weighted by molar-refractivity contribution is 0.192. The Morgan fingerprint density at radius 1 is 1.21 bits per heavy atom. The van der Waals surface area contributed by atoms with Crippen LogP contribution in [0.1, 0.15) is 38.7 Å². The number of rotatable bonds is 9. The van der Waals surface area contributed by atoms with Gasteiger partial charge in [-0.05, 0) is 75.9 Å². The molecule has 0 aliphatic carbocycles. The van der Waals surface area contributed by atoms with Crippen molar-refractivity contribution in [3.8, 4) is 0 Å². The number of primary sulfonamides is 1. The molecule has 4 N–H and O–H groups in total. The Morgan fingerprint density at radius 3 is 2.50 bits per heavy atom. The van der Waals surface area contributed by atoms with E-state index in [1.165, 1.54) is 25.9 Å². The van der Waals surface area contributed by atoms with Crippen molar-refractivity contribution in [2.75, 3.05) is 39.3 Å². The lowest BCUT2D eigenvalue weighted by Crippen LogP contribution is -2.38. The number of piperidine rings is 1. The van der Waals surface area contributed by atoms with Crippen molar-refractivity contribution in [1.29, 1.82) is 0 Å². The molecule has 0 atom stereocenters. The number of likely N-dealkylation sites (tertiary alicyclic amines) is 1. The zero-order valence-corrected chi connectivity index (χ0v) is 18.0. The Labute approximate surface area is 169 Å². The van der Waals surface area contributed by atoms with E-state index in [1.54, 1.807) is 24.3 Å². The SMILES string of the molecule is CCNC(=NCCCN1CCC(C)CC1)NCCc1ccc(S(N)(=O)=O)cc1. The number of benzene rings is 1. The molecular formula is C20H35N5O2S. The van der Waals surface area contributed by atoms with E-state index < -0.39 is 10.0 Å². The Morgan fingerprint density at radius 2 is 1.89 bits per heavy atom. The van der Waals surface area contributed by atoms with Crippen molar-refractivity contribution >= 4 is 16.0 Å². The van der Waals surface area contributed by atoms with Crippen LogP contribution in [0.5, 0.6) is 0 Å². The molecule has 0 spiro atoms. The molecular weight excluding hydrogens is 374 g/mol. The molecule has 1 aliphatic rings. The Kier molecular flexibility index (Phi) is 9.21. The molecule has 0 saturated carbocycles. The molecule has 1 fully saturated rings. The molecule has 1 saturated heterocycles. The zero-order valence-electron chi connectivity index (χ0n) is 17.2. The Hall–Kier alpha value is -1.64. The molecule has 2 rings (SSSR count). The van der Waals surface area contributed by atoms with Crippen LogP contribution < -0.4 is 15.8 Å². The van der Waals surface area contributed by atoms with Crippen LogP contribution in [0.25, 0.3) is 0 Å². The first-order valence-corrected chi connectivity index (χ1v) is 11.8. The van der Waals surface area contributed by atoms with Crippen molar-refractivity contribution in [1.82, 2.24) is 15.5 Å². The molecule has 1 heterocycles. The third kappa shape index (κ3) is 8.16. The summed E-state index contributed by atoms with van der Waals surface area (Å²) >= 11 is 0. The van der Waals surface area contributed by atoms with E-state index in [0.717, 1.165) is 56.5 Å². The summed E-state index contributed by atoms with van der Waals surface area (Å²) in [5, 5.41) is 11.7. The molecule has 1 aromatic carbocycles. The van der Waals surface area contributed by atoms with E-state index >= 15 is 0 Å². The highest BCUT2D eigenvalue weighted by Gasteiger charge is 2.14. The fraction of sp³-hybridized carbons (Fsp3) is 0.650. The van der Waals surface area contributed by atoms with E-state index in [4.69, 9.17) is 5.14 Å². The predicted molar refractivity (Wildman–Crippen MR) is 115 cm³/mol. The lowest BCUT2D eigenvalue weighted by Gasteiger charge is -2.29. The van der Waals surface area contributed by atoms with E-state index in [9.17, 15) is 8.42 Å². The second kappa shape index (κ2) is 11.4. The van der Waals surface area contributed by atoms with Crippen molar-refractivity contribution in [3.05, 3.63) is 29.8 Å². The van der Waals surface area contributed by atoms with Crippen molar-refractivity contribution in [3.63, 3.8) is 0 Å². The molecule has 0 bridgehead atoms. The molecule has 0 aromatic heterocycles. The van der Waals surface area contributed by atoms with Gasteiger partial charge in [-0.3, -0.25) is 4.99 Å². The van der Waals surface area contributed by atoms with Gasteiger partial charge in [-0.1, -0.05) is 19.1 Å². The second-order valence-electron chi connectivity index (χ2n) is 7.50. The van der Waals surface area contributed by atoms with Crippen LogP contribution in [0.15, 0.2) is 34.2 Å². The van der Waals surface area contributed by atoms with Gasteiger partial charge in [-0.2, -0.15) is 0 Å². The van der Waals surface area contributed by atoms with Crippen LogP contribution in [0.4, 0.5) is 0 Å². The van der Waals surface area contributed by atoms with Gasteiger partial charge in [0.15, 0.2) is 5.96 Å². The maximum atomic E-state index is 11.3. The maximum absolute atomic E-state index is 11.3. The fourth-order valence-corrected chi connectivity index (χ4v) is 3.80. The molecule has 1 aliphatic heterocycles. The molecule has 0 amide bonds. The normalized spacial score (nSPS) is 16.9. The van der Waals surface area contributed by atoms with Gasteiger partial charge in [0.1, 0.15) is 0 Å². The number of nitrogens with zero attached hydrogens (tertiary/aromatic N) is 2. The first kappa shape index (κ1) is 22.6. The second-order valence-corrected chi connectivity index (χ2v) is 9.07. The number of aliphatic imine (C=N–C) groups is 1. The van der Waals surface area contributed by atoms with Gasteiger partial charge in [0, 0.05) is 19.6 Å². The molecule has 28 heavy (non-hydrogen) atoms. The number of nitrogens with one attached hydrogen (secondary N) is 2. The van der Waals surface area contributed by atoms with Crippen LogP contribution in [0.3, 0.4) is 0 Å². The summed E-state index contributed by atoms with van der Waals surface area (Å²) in [6, 6.07) is 6.69. The standard InChI is InChI=1S/C20H35N5O2S/c1-3-22-20(23-12-4-14-25-15-10-17(2)11-16-25)24-13-9-18-5-7-19(8-6-18)28(21,26)27/h5-8,17H,3-4,9-16H2,1-2H3,(H2,21,26,27)(H2,22,23,24). The van der Waals surface area contributed by atoms with Crippen LogP contribution in [-0.4, -0.2) is 58.5 Å². The monoisotopic (exact) mass is 409 g/mol. The minimum Gasteiger partial charge on any atom is -0.357 e. The minimum absolute atomic E-state index is 0.141. The van der Waals surface area contributed by atoms with E-state index in [1.807, 2.05) is 0 Å². The number of nitrogens with two attached hydrogens (primary N) is 1. The van der Waals surface area contributed by atoms with Crippen LogP contribution >= 0.6 is 0 Å². The van der Waals surface area contributed by atoms with Gasteiger partial charge >= 0.3 is 0 Å². The van der Waals surface area contributed by atoms with Gasteiger partial charge in [-0.15, -0.1) is 0 Å². The highest BCUT2D eigenvalue weighted by atomic mass is 32.2. The van der Waals surface area contributed by atoms with Crippen molar-refractivity contribution in [2.45, 2.75) is 44.4 Å². The van der Waals surface area contributed by atoms with Gasteiger partial charge in [0.05, 0.1) is 4.90 Å². The largest absolute Gasteiger partial charge is 0.357 e. The summed E-state index contributed by atoms with van der Waals surface area (Å²) < 4.78 is 22.6. The summed E-state index contributed by atoms with van der Waals surface area (Å²) in [4.78, 5) is 7.35. The first-order chi connectivity index (χ1) is 13.4. The average Bonchev–Trinajstić information content (AvgIpc) is 2.66. The van der Waals surface area contributed by atoms with Crippen LogP contribution in [0, 0.1) is 5.92 Å². The van der Waals surface area contributed by atoms with Gasteiger partial charge < -0.3 is 15.5 Å². The van der Waals surface area contributed by atoms with Crippen molar-refractivity contribution in [2.24, 2.45) is 16.0 Å². The molecule has 8 heteroatoms. The quantitative estimate of drug-likeness (QED) is 0.326. The molecule has 158 valence electrons. The topological polar surface area (TPSA) is 99.8 Å². The van der Waals surface area contributed by atoms with Gasteiger partial charge in [0.25, 0.3) is 0 Å². The third-order valence-electron chi connectivity index (χ3n) is 5.08. The van der Waals surface area contributed by atoms with Gasteiger partial charge in [-0.25, -0.2) is 13.6 Å². The molecule has 1 aromatic rings. The maximum Gasteiger partial charge on any atom is 0.238 e. The summed E-state index contributed by atoms with van der Waals surface area (Å²) in [5.41, 5.74) is 1.05.